The lowest BCUT2D eigenvalue weighted by molar-refractivity contribution is -0.161. The Bertz CT molecular complexity index is 2010. The van der Waals surface area contributed by atoms with Gasteiger partial charge in [-0.2, -0.15) is 0 Å². The smallest absolute Gasteiger partial charge is 0.462 e. The summed E-state index contributed by atoms with van der Waals surface area (Å²) in [6.07, 6.45) is 60.8. The van der Waals surface area contributed by atoms with E-state index >= 15 is 0 Å². The van der Waals surface area contributed by atoms with E-state index in [-0.39, 0.29) is 25.7 Å². The first-order chi connectivity index (χ1) is 49.7. The molecule has 0 bridgehead atoms. The Morgan fingerprint density at radius 3 is 0.689 bits per heavy atom. The van der Waals surface area contributed by atoms with E-state index in [0.29, 0.717) is 25.7 Å². The van der Waals surface area contributed by atoms with Crippen LogP contribution in [0, 0.1) is 23.7 Å². The zero-order valence-corrected chi connectivity index (χ0v) is 69.7. The van der Waals surface area contributed by atoms with Gasteiger partial charge in [-0.25, -0.2) is 9.13 Å². The second-order valence-electron chi connectivity index (χ2n) is 31.4. The molecule has 0 aromatic heterocycles. The average molecular weight is 1510 g/mol. The lowest BCUT2D eigenvalue weighted by Gasteiger charge is -2.21. The Morgan fingerprint density at radius 2 is 0.466 bits per heavy atom. The van der Waals surface area contributed by atoms with Crippen molar-refractivity contribution in [3.05, 3.63) is 0 Å². The molecule has 612 valence electrons. The number of phosphoric acid groups is 2. The van der Waals surface area contributed by atoms with Crippen LogP contribution in [0.2, 0.25) is 0 Å². The topological polar surface area (TPSA) is 237 Å². The zero-order chi connectivity index (χ0) is 76.0. The average Bonchev–Trinajstić information content (AvgIpc) is 0.906. The van der Waals surface area contributed by atoms with Gasteiger partial charge in [-0.15, -0.1) is 0 Å². The lowest BCUT2D eigenvalue weighted by atomic mass is 9.99. The molecule has 0 amide bonds. The summed E-state index contributed by atoms with van der Waals surface area (Å²) in [4.78, 5) is 73.2. The van der Waals surface area contributed by atoms with E-state index in [1.165, 1.54) is 238 Å². The molecule has 0 aliphatic rings. The predicted octanol–water partition coefficient (Wildman–Crippen LogP) is 25.2. The van der Waals surface area contributed by atoms with Crippen LogP contribution in [0.1, 0.15) is 434 Å². The minimum Gasteiger partial charge on any atom is -0.462 e. The summed E-state index contributed by atoms with van der Waals surface area (Å²) < 4.78 is 68.9. The molecule has 0 rings (SSSR count). The first-order valence-electron chi connectivity index (χ1n) is 43.3. The molecule has 0 saturated carbocycles. The SMILES string of the molecule is CCC(C)CCCCCCCCCCCCCCCCC(=O)OC[C@H](COP(=O)(O)OC[C@@H](O)COP(=O)(O)OC[C@@H](COC(=O)CCCCCCCCCCCCC(C)C)OC(=O)CCCCCCCCCCCCC(C)CC)OC(=O)CCCCCCCCCCCCCCCCC(C)CC. The van der Waals surface area contributed by atoms with Gasteiger partial charge in [0.2, 0.25) is 0 Å². The minimum atomic E-state index is -4.97. The van der Waals surface area contributed by atoms with Crippen molar-refractivity contribution in [3.63, 3.8) is 0 Å². The van der Waals surface area contributed by atoms with Crippen molar-refractivity contribution in [3.8, 4) is 0 Å². The number of hydrogen-bond donors (Lipinski definition) is 3. The zero-order valence-electron chi connectivity index (χ0n) is 68.0. The highest BCUT2D eigenvalue weighted by molar-refractivity contribution is 7.47. The summed E-state index contributed by atoms with van der Waals surface area (Å²) in [6, 6.07) is 0. The third-order valence-electron chi connectivity index (χ3n) is 20.7. The molecule has 0 heterocycles. The normalized spacial score (nSPS) is 14.8. The van der Waals surface area contributed by atoms with Gasteiger partial charge in [-0.1, -0.05) is 383 Å². The van der Waals surface area contributed by atoms with Crippen molar-refractivity contribution in [1.29, 1.82) is 0 Å². The number of ether oxygens (including phenoxy) is 4. The monoisotopic (exact) mass is 1510 g/mol. The van der Waals surface area contributed by atoms with Crippen molar-refractivity contribution in [2.24, 2.45) is 23.7 Å². The highest BCUT2D eigenvalue weighted by Gasteiger charge is 2.30. The molecule has 0 aliphatic carbocycles. The number of hydrogen-bond acceptors (Lipinski definition) is 15. The highest BCUT2D eigenvalue weighted by atomic mass is 31.2. The van der Waals surface area contributed by atoms with Gasteiger partial charge in [0, 0.05) is 25.7 Å². The Kier molecular flexibility index (Phi) is 71.5. The molecule has 19 heteroatoms. The van der Waals surface area contributed by atoms with Crippen LogP contribution < -0.4 is 0 Å². The fraction of sp³-hybridized carbons (Fsp3) is 0.952. The number of carbonyl (C=O) groups excluding carboxylic acids is 4. The number of phosphoric ester groups is 2. The third-order valence-corrected chi connectivity index (χ3v) is 22.6. The molecule has 8 atom stereocenters. The lowest BCUT2D eigenvalue weighted by Crippen LogP contribution is -2.30. The summed E-state index contributed by atoms with van der Waals surface area (Å²) in [7, 11) is -9.93. The van der Waals surface area contributed by atoms with Gasteiger partial charge in [0.15, 0.2) is 12.2 Å². The molecule has 0 spiro atoms. The van der Waals surface area contributed by atoms with Gasteiger partial charge in [0.1, 0.15) is 19.3 Å². The van der Waals surface area contributed by atoms with Gasteiger partial charge in [-0.3, -0.25) is 37.3 Å². The standard InChI is InChI=1S/C84H164O17P2/c1-9-75(6)61-53-45-37-29-20-16-12-14-18-22-32-40-48-56-64-81(86)94-70-79(100-83(88)66-58-50-42-34-23-19-15-13-17-21-30-38-46-54-62-76(7)10-2)72-98-102(90,91)96-68-78(85)69-97-103(92,93)99-73-80(71-95-82(87)65-57-49-41-33-26-24-28-36-44-52-60-74(4)5)101-84(89)67-59-51-43-35-27-25-31-39-47-55-63-77(8)11-3/h74-80,85H,9-73H2,1-8H3,(H,90,91)(H,92,93)/t75?,76?,77?,78-,79-,80-/m1/s1. The minimum absolute atomic E-state index is 0.106. The van der Waals surface area contributed by atoms with Crippen LogP contribution in [0.3, 0.4) is 0 Å². The molecule has 0 saturated heterocycles. The molecule has 17 nitrogen and oxygen atoms in total. The molecule has 0 radical (unpaired) electrons. The summed E-state index contributed by atoms with van der Waals surface area (Å²) in [5.74, 6) is 1.15. The van der Waals surface area contributed by atoms with E-state index in [2.05, 4.69) is 55.4 Å². The molecule has 0 fully saturated rings. The third kappa shape index (κ3) is 74.0. The van der Waals surface area contributed by atoms with Crippen LogP contribution in [-0.2, 0) is 65.4 Å². The number of aliphatic hydroxyl groups excluding tert-OH is 1. The first-order valence-corrected chi connectivity index (χ1v) is 46.3. The second-order valence-corrected chi connectivity index (χ2v) is 34.3. The Balaban J connectivity index is 5.28. The highest BCUT2D eigenvalue weighted by Crippen LogP contribution is 2.45. The summed E-state index contributed by atoms with van der Waals surface area (Å²) in [6.45, 7) is 14.4. The van der Waals surface area contributed by atoms with E-state index in [9.17, 15) is 43.2 Å². The van der Waals surface area contributed by atoms with Crippen molar-refractivity contribution in [2.75, 3.05) is 39.6 Å². The number of aliphatic hydroxyl groups is 1. The van der Waals surface area contributed by atoms with Crippen LogP contribution in [0.25, 0.3) is 0 Å². The number of unbranched alkanes of at least 4 members (excludes halogenated alkanes) is 44. The molecule has 0 aliphatic heterocycles. The molecule has 5 unspecified atom stereocenters. The van der Waals surface area contributed by atoms with E-state index in [1.807, 2.05) is 0 Å². The first kappa shape index (κ1) is 101. The maximum Gasteiger partial charge on any atom is 0.472 e. The van der Waals surface area contributed by atoms with Crippen LogP contribution in [-0.4, -0.2) is 96.7 Å². The number of carbonyl (C=O) groups is 4. The largest absolute Gasteiger partial charge is 0.472 e. The van der Waals surface area contributed by atoms with Gasteiger partial charge in [-0.05, 0) is 49.4 Å². The molecule has 0 aromatic carbocycles. The fourth-order valence-electron chi connectivity index (χ4n) is 12.9. The summed E-state index contributed by atoms with van der Waals surface area (Å²) >= 11 is 0. The fourth-order valence-corrected chi connectivity index (χ4v) is 14.4. The van der Waals surface area contributed by atoms with E-state index in [1.54, 1.807) is 0 Å². The second kappa shape index (κ2) is 72.9. The molecule has 3 N–H and O–H groups in total. The van der Waals surface area contributed by atoms with E-state index in [0.717, 1.165) is 114 Å². The summed E-state index contributed by atoms with van der Waals surface area (Å²) in [5.41, 5.74) is 0. The van der Waals surface area contributed by atoms with Crippen molar-refractivity contribution >= 4 is 39.5 Å². The van der Waals surface area contributed by atoms with Gasteiger partial charge in [0.25, 0.3) is 0 Å². The predicted molar refractivity (Wildman–Crippen MR) is 423 cm³/mol. The van der Waals surface area contributed by atoms with Crippen LogP contribution in [0.4, 0.5) is 0 Å². The Hall–Kier alpha value is -1.94. The van der Waals surface area contributed by atoms with Crippen molar-refractivity contribution in [1.82, 2.24) is 0 Å². The van der Waals surface area contributed by atoms with Gasteiger partial charge in [0.05, 0.1) is 26.4 Å². The quantitative estimate of drug-likeness (QED) is 0.0222. The molecule has 103 heavy (non-hydrogen) atoms. The summed E-state index contributed by atoms with van der Waals surface area (Å²) in [5, 5.41) is 10.7. The van der Waals surface area contributed by atoms with Crippen LogP contribution in [0.15, 0.2) is 0 Å². The maximum atomic E-state index is 13.1. The Labute approximate surface area is 632 Å². The molecular formula is C84H164O17P2. The van der Waals surface area contributed by atoms with Crippen molar-refractivity contribution < 1.29 is 80.2 Å². The Morgan fingerprint density at radius 1 is 0.272 bits per heavy atom. The van der Waals surface area contributed by atoms with Crippen molar-refractivity contribution in [2.45, 2.75) is 453 Å². The van der Waals surface area contributed by atoms with E-state index < -0.39 is 97.5 Å². The molecular weight excluding hydrogens is 1340 g/mol. The van der Waals surface area contributed by atoms with Crippen LogP contribution >= 0.6 is 15.6 Å². The van der Waals surface area contributed by atoms with E-state index in [4.69, 9.17) is 37.0 Å². The van der Waals surface area contributed by atoms with Crippen LogP contribution in [0.5, 0.6) is 0 Å². The maximum absolute atomic E-state index is 13.1. The molecule has 0 aromatic rings. The van der Waals surface area contributed by atoms with Gasteiger partial charge >= 0.3 is 39.5 Å². The number of esters is 4. The number of rotatable bonds is 81. The van der Waals surface area contributed by atoms with Gasteiger partial charge < -0.3 is 33.8 Å².